The number of piperidine rings is 4. The molecule has 5 rings (SSSR count). The number of halogens is 1. The van der Waals surface area contributed by atoms with Crippen molar-refractivity contribution >= 4 is 23.5 Å². The summed E-state index contributed by atoms with van der Waals surface area (Å²) in [6, 6.07) is 3.57. The quantitative estimate of drug-likeness (QED) is 0.180. The van der Waals surface area contributed by atoms with Gasteiger partial charge in [0.25, 0.3) is 0 Å². The molecule has 49 heavy (non-hydrogen) atoms. The molecule has 0 amide bonds. The average molecular weight is 707 g/mol. The molecule has 0 aromatic carbocycles. The van der Waals surface area contributed by atoms with Crippen molar-refractivity contribution in [2.75, 3.05) is 42.6 Å². The summed E-state index contributed by atoms with van der Waals surface area (Å²) in [4.78, 5) is 20.0. The monoisotopic (exact) mass is 706 g/mol. The zero-order valence-electron chi connectivity index (χ0n) is 32.3. The van der Waals surface area contributed by atoms with Gasteiger partial charge in [-0.1, -0.05) is 40.5 Å². The Kier molecular flexibility index (Phi) is 16.1. The highest BCUT2D eigenvalue weighted by atomic mass is 35.5. The molecule has 5 N–H and O–H groups in total. The number of aromatic nitrogens is 3. The van der Waals surface area contributed by atoms with E-state index in [-0.39, 0.29) is 0 Å². The van der Waals surface area contributed by atoms with Gasteiger partial charge in [-0.25, -0.2) is 0 Å². The van der Waals surface area contributed by atoms with Gasteiger partial charge in [-0.2, -0.15) is 15.0 Å². The summed E-state index contributed by atoms with van der Waals surface area (Å²) < 4.78 is 0. The summed E-state index contributed by atoms with van der Waals surface area (Å²) in [5.41, 5.74) is 0.495. The van der Waals surface area contributed by atoms with Crippen LogP contribution in [0.2, 0.25) is 5.28 Å². The SMILES string of the molecule is CC1CC(N(c2nc(Cl)nc(N(C3CCNC(C)C3)C3CCNC(C)C3)n2)C2CCNC(C)C2)CCN1.CCC(C)(C)CCCC(C)CO. The van der Waals surface area contributed by atoms with E-state index < -0.39 is 0 Å². The van der Waals surface area contributed by atoms with E-state index in [0.29, 0.717) is 71.6 Å². The first-order valence-corrected chi connectivity index (χ1v) is 20.3. The van der Waals surface area contributed by atoms with Gasteiger partial charge in [0.2, 0.25) is 17.2 Å². The van der Waals surface area contributed by atoms with E-state index in [0.717, 1.165) is 89.4 Å². The van der Waals surface area contributed by atoms with Gasteiger partial charge in [-0.05, 0) is 141 Å². The van der Waals surface area contributed by atoms with Crippen molar-refractivity contribution in [2.45, 2.75) is 181 Å². The van der Waals surface area contributed by atoms with Crippen LogP contribution in [0.25, 0.3) is 0 Å². The van der Waals surface area contributed by atoms with Gasteiger partial charge in [-0.15, -0.1) is 0 Å². The van der Waals surface area contributed by atoms with Crippen molar-refractivity contribution in [1.82, 2.24) is 36.2 Å². The van der Waals surface area contributed by atoms with Crippen molar-refractivity contribution in [3.8, 4) is 0 Å². The minimum atomic E-state index is 0.322. The number of nitrogens with one attached hydrogen (secondary N) is 4. The van der Waals surface area contributed by atoms with E-state index >= 15 is 0 Å². The largest absolute Gasteiger partial charge is 0.396 e. The molecule has 9 unspecified atom stereocenters. The third-order valence-corrected chi connectivity index (χ3v) is 12.0. The Morgan fingerprint density at radius 3 is 1.39 bits per heavy atom. The fraction of sp³-hybridized carbons (Fsp3) is 0.921. The number of aliphatic hydroxyl groups excluding tert-OH is 1. The van der Waals surface area contributed by atoms with Crippen LogP contribution >= 0.6 is 11.6 Å². The highest BCUT2D eigenvalue weighted by Crippen LogP contribution is 2.33. The third-order valence-electron chi connectivity index (χ3n) is 11.8. The molecule has 0 radical (unpaired) electrons. The minimum Gasteiger partial charge on any atom is -0.396 e. The predicted molar refractivity (Wildman–Crippen MR) is 206 cm³/mol. The molecule has 4 aliphatic heterocycles. The zero-order valence-corrected chi connectivity index (χ0v) is 33.0. The molecule has 0 spiro atoms. The third kappa shape index (κ3) is 12.4. The number of aliphatic hydroxyl groups is 1. The molecule has 1 aromatic heterocycles. The van der Waals surface area contributed by atoms with Crippen LogP contribution in [-0.2, 0) is 0 Å². The highest BCUT2D eigenvalue weighted by Gasteiger charge is 2.37. The molecule has 9 atom stereocenters. The fourth-order valence-electron chi connectivity index (χ4n) is 8.44. The maximum Gasteiger partial charge on any atom is 0.231 e. The topological polar surface area (TPSA) is 114 Å². The van der Waals surface area contributed by atoms with E-state index in [2.05, 4.69) is 86.5 Å². The van der Waals surface area contributed by atoms with E-state index in [4.69, 9.17) is 31.7 Å². The van der Waals surface area contributed by atoms with E-state index in [1.807, 2.05) is 0 Å². The maximum absolute atomic E-state index is 8.82. The zero-order chi connectivity index (χ0) is 35.6. The van der Waals surface area contributed by atoms with Crippen LogP contribution in [0.5, 0.6) is 0 Å². The first-order chi connectivity index (χ1) is 23.4. The minimum absolute atomic E-state index is 0.322. The molecule has 4 fully saturated rings. The number of anilines is 2. The Balaban J connectivity index is 0.000000386. The van der Waals surface area contributed by atoms with Crippen LogP contribution in [0, 0.1) is 11.3 Å². The first-order valence-electron chi connectivity index (χ1n) is 19.9. The van der Waals surface area contributed by atoms with E-state index in [9.17, 15) is 0 Å². The molecule has 11 heteroatoms. The second kappa shape index (κ2) is 19.5. The standard InChI is InChI=1S/C27H48ClN9.C11H24O/c1-17-13-21(5-9-29-17)36(22-6-10-30-18(2)14-22)26-33-25(28)34-27(35-26)37(23-7-11-31-19(3)15-23)24-8-12-32-20(4)16-24;1-5-11(3,4)8-6-7-10(2)9-12/h17-24,29-32H,5-16H2,1-4H3;10,12H,5-9H2,1-4H3. The van der Waals surface area contributed by atoms with Gasteiger partial charge in [0.15, 0.2) is 0 Å². The molecule has 4 aliphatic rings. The van der Waals surface area contributed by atoms with Gasteiger partial charge in [0.05, 0.1) is 0 Å². The van der Waals surface area contributed by atoms with Gasteiger partial charge >= 0.3 is 0 Å². The average Bonchev–Trinajstić information content (AvgIpc) is 3.05. The normalized spacial score (nSPS) is 31.7. The second-order valence-electron chi connectivity index (χ2n) is 16.9. The summed E-state index contributed by atoms with van der Waals surface area (Å²) in [5, 5.41) is 23.7. The van der Waals surface area contributed by atoms with Crippen LogP contribution in [0.15, 0.2) is 0 Å². The van der Waals surface area contributed by atoms with Gasteiger partial charge in [0, 0.05) is 54.9 Å². The highest BCUT2D eigenvalue weighted by molar-refractivity contribution is 6.28. The fourth-order valence-corrected chi connectivity index (χ4v) is 8.59. The van der Waals surface area contributed by atoms with Crippen LogP contribution in [0.1, 0.15) is 132 Å². The lowest BCUT2D eigenvalue weighted by Crippen LogP contribution is -2.56. The molecule has 0 bridgehead atoms. The molecule has 0 saturated carbocycles. The molecule has 1 aromatic rings. The first kappa shape index (κ1) is 40.5. The van der Waals surface area contributed by atoms with E-state index in [1.54, 1.807) is 0 Å². The lowest BCUT2D eigenvalue weighted by Gasteiger charge is -2.46. The van der Waals surface area contributed by atoms with Crippen molar-refractivity contribution in [3.63, 3.8) is 0 Å². The van der Waals surface area contributed by atoms with Crippen LogP contribution in [0.4, 0.5) is 11.9 Å². The van der Waals surface area contributed by atoms with Gasteiger partial charge in [0.1, 0.15) is 0 Å². The summed E-state index contributed by atoms with van der Waals surface area (Å²) in [5.74, 6) is 2.04. The predicted octanol–water partition coefficient (Wildman–Crippen LogP) is 5.92. The van der Waals surface area contributed by atoms with Crippen LogP contribution in [0.3, 0.4) is 0 Å². The van der Waals surface area contributed by atoms with Crippen molar-refractivity contribution in [1.29, 1.82) is 0 Å². The Morgan fingerprint density at radius 2 is 1.08 bits per heavy atom. The molecule has 282 valence electrons. The van der Waals surface area contributed by atoms with Crippen molar-refractivity contribution in [2.24, 2.45) is 11.3 Å². The molecular formula is C38H72ClN9O. The van der Waals surface area contributed by atoms with Crippen molar-refractivity contribution in [3.05, 3.63) is 5.28 Å². The van der Waals surface area contributed by atoms with E-state index in [1.165, 1.54) is 25.7 Å². The molecule has 0 aliphatic carbocycles. The Morgan fingerprint density at radius 1 is 0.714 bits per heavy atom. The molecule has 10 nitrogen and oxygen atoms in total. The molecule has 5 heterocycles. The summed E-state index contributed by atoms with van der Waals surface area (Å²) in [6.45, 7) is 22.6. The van der Waals surface area contributed by atoms with Gasteiger partial charge in [-0.3, -0.25) is 0 Å². The Labute approximate surface area is 304 Å². The summed E-state index contributed by atoms with van der Waals surface area (Å²) in [6.07, 6.45) is 13.7. The number of hydrogen-bond acceptors (Lipinski definition) is 10. The number of hydrogen-bond donors (Lipinski definition) is 5. The smallest absolute Gasteiger partial charge is 0.231 e. The summed E-state index contributed by atoms with van der Waals surface area (Å²) in [7, 11) is 0. The second-order valence-corrected chi connectivity index (χ2v) is 17.2. The van der Waals surface area contributed by atoms with Crippen LogP contribution in [-0.4, -0.2) is 101 Å². The lowest BCUT2D eigenvalue weighted by molar-refractivity contribution is 0.217. The summed E-state index contributed by atoms with van der Waals surface area (Å²) >= 11 is 6.74. The molecule has 4 saturated heterocycles. The van der Waals surface area contributed by atoms with Crippen molar-refractivity contribution < 1.29 is 5.11 Å². The number of rotatable bonds is 12. The number of nitrogens with zero attached hydrogens (tertiary/aromatic N) is 5. The van der Waals surface area contributed by atoms with Gasteiger partial charge < -0.3 is 36.2 Å². The lowest BCUT2D eigenvalue weighted by atomic mass is 9.84. The maximum atomic E-state index is 8.82. The Bertz CT molecular complexity index is 1000. The van der Waals surface area contributed by atoms with Crippen LogP contribution < -0.4 is 31.1 Å². The molecular weight excluding hydrogens is 634 g/mol. The Hall–Kier alpha value is -1.30.